The van der Waals surface area contributed by atoms with Crippen molar-refractivity contribution in [2.75, 3.05) is 0 Å². The molecule has 2 aromatic carbocycles. The third-order valence-corrected chi connectivity index (χ3v) is 3.54. The van der Waals surface area contributed by atoms with Crippen LogP contribution < -0.4 is 4.18 Å². The van der Waals surface area contributed by atoms with Crippen molar-refractivity contribution in [3.05, 3.63) is 53.6 Å². The molecule has 0 amide bonds. The predicted molar refractivity (Wildman–Crippen MR) is 69.2 cm³/mol. The third-order valence-electron chi connectivity index (χ3n) is 2.81. The van der Waals surface area contributed by atoms with E-state index < -0.39 is 0 Å². The molecule has 0 aromatic heterocycles. The normalized spacial score (nSPS) is 12.9. The minimum Gasteiger partial charge on any atom is -0.425 e. The van der Waals surface area contributed by atoms with E-state index in [1.54, 1.807) is 6.07 Å². The summed E-state index contributed by atoms with van der Waals surface area (Å²) in [6.45, 7) is 0. The maximum atomic E-state index is 10.8. The Morgan fingerprint density at radius 2 is 2.00 bits per heavy atom. The van der Waals surface area contributed by atoms with E-state index >= 15 is 0 Å². The van der Waals surface area contributed by atoms with Gasteiger partial charge in [0, 0.05) is 11.1 Å². The Bertz CT molecular complexity index is 578. The summed E-state index contributed by atoms with van der Waals surface area (Å²) in [5, 5.41) is 0. The SMILES string of the molecule is O=Cc1ccc2c(c1)-c1ccccc1CSO2. The van der Waals surface area contributed by atoms with Gasteiger partial charge in [0.1, 0.15) is 12.0 Å². The molecule has 1 aliphatic heterocycles. The number of aldehydes is 1. The summed E-state index contributed by atoms with van der Waals surface area (Å²) in [5.74, 6) is 1.65. The molecule has 3 rings (SSSR count). The molecule has 0 spiro atoms. The van der Waals surface area contributed by atoms with Crippen LogP contribution >= 0.6 is 12.0 Å². The van der Waals surface area contributed by atoms with Crippen molar-refractivity contribution in [1.29, 1.82) is 0 Å². The minimum atomic E-state index is 0.675. The number of fused-ring (bicyclic) bond motifs is 3. The summed E-state index contributed by atoms with van der Waals surface area (Å²) < 4.78 is 5.63. The van der Waals surface area contributed by atoms with Crippen molar-refractivity contribution in [2.24, 2.45) is 0 Å². The molecule has 0 aliphatic carbocycles. The number of carbonyl (C=O) groups is 1. The molecule has 0 N–H and O–H groups in total. The monoisotopic (exact) mass is 242 g/mol. The van der Waals surface area contributed by atoms with Crippen molar-refractivity contribution >= 4 is 18.3 Å². The van der Waals surface area contributed by atoms with E-state index in [0.717, 1.165) is 28.9 Å². The molecule has 1 aliphatic rings. The zero-order chi connectivity index (χ0) is 11.7. The van der Waals surface area contributed by atoms with Gasteiger partial charge in [0.25, 0.3) is 0 Å². The van der Waals surface area contributed by atoms with Gasteiger partial charge >= 0.3 is 0 Å². The average Bonchev–Trinajstić information content (AvgIpc) is 2.57. The van der Waals surface area contributed by atoms with Crippen LogP contribution in [0.4, 0.5) is 0 Å². The highest BCUT2D eigenvalue weighted by molar-refractivity contribution is 7.94. The molecular weight excluding hydrogens is 232 g/mol. The molecule has 17 heavy (non-hydrogen) atoms. The van der Waals surface area contributed by atoms with Gasteiger partial charge in [-0.3, -0.25) is 4.79 Å². The van der Waals surface area contributed by atoms with Crippen LogP contribution in [-0.2, 0) is 5.75 Å². The first-order valence-corrected chi connectivity index (χ1v) is 6.26. The van der Waals surface area contributed by atoms with Crippen molar-refractivity contribution < 1.29 is 8.98 Å². The maximum absolute atomic E-state index is 10.8. The lowest BCUT2D eigenvalue weighted by molar-refractivity contribution is 0.112. The third kappa shape index (κ3) is 1.83. The van der Waals surface area contributed by atoms with Gasteiger partial charge in [0.15, 0.2) is 0 Å². The van der Waals surface area contributed by atoms with Crippen molar-refractivity contribution in [2.45, 2.75) is 5.75 Å². The van der Waals surface area contributed by atoms with Crippen LogP contribution in [0.2, 0.25) is 0 Å². The van der Waals surface area contributed by atoms with E-state index in [0.29, 0.717) is 5.56 Å². The Hall–Kier alpha value is -1.74. The number of carbonyl (C=O) groups excluding carboxylic acids is 1. The summed E-state index contributed by atoms with van der Waals surface area (Å²) in [6, 6.07) is 13.7. The standard InChI is InChI=1S/C14H10O2S/c15-8-10-5-6-14-13(7-10)12-4-2-1-3-11(12)9-17-16-14/h1-8H,9H2. The molecule has 1 heterocycles. The molecule has 84 valence electrons. The zero-order valence-corrected chi connectivity index (χ0v) is 9.87. The molecule has 2 aromatic rings. The van der Waals surface area contributed by atoms with E-state index in [1.807, 2.05) is 24.3 Å². The smallest absolute Gasteiger partial charge is 0.150 e. The van der Waals surface area contributed by atoms with Crippen LogP contribution in [0.25, 0.3) is 11.1 Å². The minimum absolute atomic E-state index is 0.675. The van der Waals surface area contributed by atoms with Crippen molar-refractivity contribution in [3.63, 3.8) is 0 Å². The van der Waals surface area contributed by atoms with Gasteiger partial charge in [0.05, 0.1) is 17.8 Å². The summed E-state index contributed by atoms with van der Waals surface area (Å²) >= 11 is 1.43. The Morgan fingerprint density at radius 1 is 1.12 bits per heavy atom. The van der Waals surface area contributed by atoms with Crippen molar-refractivity contribution in [3.8, 4) is 16.9 Å². The highest BCUT2D eigenvalue weighted by Gasteiger charge is 2.15. The highest BCUT2D eigenvalue weighted by Crippen LogP contribution is 2.39. The van der Waals surface area contributed by atoms with E-state index in [1.165, 1.54) is 17.6 Å². The molecule has 0 saturated heterocycles. The van der Waals surface area contributed by atoms with Gasteiger partial charge in [-0.05, 0) is 29.3 Å². The fourth-order valence-corrected chi connectivity index (χ4v) is 2.68. The summed E-state index contributed by atoms with van der Waals surface area (Å²) in [7, 11) is 0. The Morgan fingerprint density at radius 3 is 2.88 bits per heavy atom. The van der Waals surface area contributed by atoms with Crippen LogP contribution in [-0.4, -0.2) is 6.29 Å². The first-order valence-electron chi connectivity index (χ1n) is 5.35. The highest BCUT2D eigenvalue weighted by atomic mass is 32.2. The van der Waals surface area contributed by atoms with E-state index in [2.05, 4.69) is 12.1 Å². The number of rotatable bonds is 1. The summed E-state index contributed by atoms with van der Waals surface area (Å²) in [5.41, 5.74) is 4.06. The molecule has 3 heteroatoms. The molecule has 0 atom stereocenters. The number of benzene rings is 2. The van der Waals surface area contributed by atoms with E-state index in [9.17, 15) is 4.79 Å². The first-order chi connectivity index (χ1) is 8.38. The molecular formula is C14H10O2S. The van der Waals surface area contributed by atoms with Gasteiger partial charge in [-0.15, -0.1) is 0 Å². The Balaban J connectivity index is 2.26. The van der Waals surface area contributed by atoms with Crippen molar-refractivity contribution in [1.82, 2.24) is 0 Å². The first kappa shape index (κ1) is 10.4. The van der Waals surface area contributed by atoms with Gasteiger partial charge in [-0.2, -0.15) is 0 Å². The molecule has 0 saturated carbocycles. The fraction of sp³-hybridized carbons (Fsp3) is 0.0714. The van der Waals surface area contributed by atoms with E-state index in [4.69, 9.17) is 4.18 Å². The van der Waals surface area contributed by atoms with Crippen LogP contribution in [0, 0.1) is 0 Å². The van der Waals surface area contributed by atoms with Crippen LogP contribution in [0.5, 0.6) is 5.75 Å². The van der Waals surface area contributed by atoms with Crippen LogP contribution in [0.15, 0.2) is 42.5 Å². The van der Waals surface area contributed by atoms with E-state index in [-0.39, 0.29) is 0 Å². The Kier molecular flexibility index (Phi) is 2.61. The molecule has 2 nitrogen and oxygen atoms in total. The molecule has 0 bridgehead atoms. The van der Waals surface area contributed by atoms with Gasteiger partial charge in [-0.25, -0.2) is 0 Å². The van der Waals surface area contributed by atoms with Crippen LogP contribution in [0.3, 0.4) is 0 Å². The van der Waals surface area contributed by atoms with Gasteiger partial charge in [0.2, 0.25) is 0 Å². The second kappa shape index (κ2) is 4.26. The van der Waals surface area contributed by atoms with Gasteiger partial charge in [-0.1, -0.05) is 24.3 Å². The molecule has 0 radical (unpaired) electrons. The zero-order valence-electron chi connectivity index (χ0n) is 9.05. The topological polar surface area (TPSA) is 26.3 Å². The summed E-state index contributed by atoms with van der Waals surface area (Å²) in [6.07, 6.45) is 0.862. The largest absolute Gasteiger partial charge is 0.425 e. The molecule has 0 unspecified atom stereocenters. The maximum Gasteiger partial charge on any atom is 0.150 e. The van der Waals surface area contributed by atoms with Gasteiger partial charge < -0.3 is 4.18 Å². The number of hydrogen-bond donors (Lipinski definition) is 0. The lowest BCUT2D eigenvalue weighted by Crippen LogP contribution is -1.87. The lowest BCUT2D eigenvalue weighted by Gasteiger charge is -2.07. The second-order valence-corrected chi connectivity index (χ2v) is 4.57. The fourth-order valence-electron chi connectivity index (χ4n) is 1.97. The predicted octanol–water partition coefficient (Wildman–Crippen LogP) is 3.71. The van der Waals surface area contributed by atoms with Crippen LogP contribution in [0.1, 0.15) is 15.9 Å². The summed E-state index contributed by atoms with van der Waals surface area (Å²) in [4.78, 5) is 10.8. The second-order valence-electron chi connectivity index (χ2n) is 3.88. The lowest BCUT2D eigenvalue weighted by atomic mass is 9.98. The molecule has 0 fully saturated rings. The average molecular weight is 242 g/mol. The Labute approximate surface area is 104 Å². The quantitative estimate of drug-likeness (QED) is 0.563. The number of hydrogen-bond acceptors (Lipinski definition) is 3.